The lowest BCUT2D eigenvalue weighted by Gasteiger charge is -2.27. The standard InChI is InChI=1S/C22H23ClN2O4/c23-17-6-3-15(4-7-17)22(27)24-10-9-21(26)25-11-1-2-18(25)16-5-8-19-20(14-16)29-13-12-28-19/h3-8,14,18H,1-2,9-13H2,(H,24,27)/t18-/m1/s1. The molecule has 7 heteroatoms. The second kappa shape index (κ2) is 8.74. The SMILES string of the molecule is O=C(NCCC(=O)N1CCC[C@@H]1c1ccc2c(c1)OCCO2)c1ccc(Cl)cc1. The van der Waals surface area contributed by atoms with Gasteiger partial charge in [0.15, 0.2) is 11.5 Å². The number of carbonyl (C=O) groups is 2. The predicted molar refractivity (Wildman–Crippen MR) is 110 cm³/mol. The molecule has 2 heterocycles. The predicted octanol–water partition coefficient (Wildman–Crippen LogP) is 3.59. The van der Waals surface area contributed by atoms with Crippen LogP contribution in [0.5, 0.6) is 11.5 Å². The summed E-state index contributed by atoms with van der Waals surface area (Å²) in [5.74, 6) is 1.32. The van der Waals surface area contributed by atoms with Crippen molar-refractivity contribution in [3.8, 4) is 11.5 Å². The molecule has 2 aliphatic heterocycles. The third-order valence-electron chi connectivity index (χ3n) is 5.25. The highest BCUT2D eigenvalue weighted by atomic mass is 35.5. The number of amides is 2. The highest BCUT2D eigenvalue weighted by Gasteiger charge is 2.30. The van der Waals surface area contributed by atoms with E-state index < -0.39 is 0 Å². The lowest BCUT2D eigenvalue weighted by Crippen LogP contribution is -2.34. The smallest absolute Gasteiger partial charge is 0.251 e. The largest absolute Gasteiger partial charge is 0.486 e. The summed E-state index contributed by atoms with van der Waals surface area (Å²) in [6, 6.07) is 12.6. The van der Waals surface area contributed by atoms with Crippen molar-refractivity contribution in [3.05, 3.63) is 58.6 Å². The van der Waals surface area contributed by atoms with Crippen molar-refractivity contribution in [2.24, 2.45) is 0 Å². The molecule has 2 aromatic rings. The van der Waals surface area contributed by atoms with Crippen molar-refractivity contribution in [1.82, 2.24) is 10.2 Å². The Morgan fingerprint density at radius 3 is 2.62 bits per heavy atom. The highest BCUT2D eigenvalue weighted by molar-refractivity contribution is 6.30. The van der Waals surface area contributed by atoms with Gasteiger partial charge >= 0.3 is 0 Å². The van der Waals surface area contributed by atoms with Gasteiger partial charge in [0.05, 0.1) is 6.04 Å². The first-order valence-electron chi connectivity index (χ1n) is 9.84. The molecule has 6 nitrogen and oxygen atoms in total. The third kappa shape index (κ3) is 4.48. The number of carbonyl (C=O) groups excluding carboxylic acids is 2. The molecule has 0 radical (unpaired) electrons. The van der Waals surface area contributed by atoms with Crippen molar-refractivity contribution in [1.29, 1.82) is 0 Å². The Morgan fingerprint density at radius 2 is 1.83 bits per heavy atom. The summed E-state index contributed by atoms with van der Waals surface area (Å²) in [5.41, 5.74) is 1.59. The Kier molecular flexibility index (Phi) is 5.90. The molecule has 2 aromatic carbocycles. The molecule has 0 bridgehead atoms. The molecule has 1 atom stereocenters. The van der Waals surface area contributed by atoms with Gasteiger partial charge in [0.1, 0.15) is 13.2 Å². The van der Waals surface area contributed by atoms with Crippen LogP contribution in [0, 0.1) is 0 Å². The fourth-order valence-electron chi connectivity index (χ4n) is 3.81. The van der Waals surface area contributed by atoms with Gasteiger partial charge in [-0.1, -0.05) is 17.7 Å². The highest BCUT2D eigenvalue weighted by Crippen LogP contribution is 2.38. The Labute approximate surface area is 174 Å². The first kappa shape index (κ1) is 19.6. The monoisotopic (exact) mass is 414 g/mol. The minimum Gasteiger partial charge on any atom is -0.486 e. The van der Waals surface area contributed by atoms with E-state index in [1.807, 2.05) is 23.1 Å². The number of ether oxygens (including phenoxy) is 2. The first-order valence-corrected chi connectivity index (χ1v) is 10.2. The first-order chi connectivity index (χ1) is 14.1. The molecular weight excluding hydrogens is 392 g/mol. The van der Waals surface area contributed by atoms with Gasteiger partial charge in [0.25, 0.3) is 5.91 Å². The van der Waals surface area contributed by atoms with Gasteiger partial charge in [0, 0.05) is 30.1 Å². The van der Waals surface area contributed by atoms with Crippen LogP contribution in [0.2, 0.25) is 5.02 Å². The van der Waals surface area contributed by atoms with E-state index in [0.717, 1.165) is 36.4 Å². The van der Waals surface area contributed by atoms with E-state index in [0.29, 0.717) is 30.3 Å². The van der Waals surface area contributed by atoms with Gasteiger partial charge < -0.3 is 19.7 Å². The van der Waals surface area contributed by atoms with E-state index in [4.69, 9.17) is 21.1 Å². The van der Waals surface area contributed by atoms with Crippen molar-refractivity contribution < 1.29 is 19.1 Å². The molecule has 2 amide bonds. The maximum atomic E-state index is 12.8. The topological polar surface area (TPSA) is 67.9 Å². The second-order valence-electron chi connectivity index (χ2n) is 7.16. The zero-order valence-electron chi connectivity index (χ0n) is 16.0. The number of benzene rings is 2. The number of likely N-dealkylation sites (tertiary alicyclic amines) is 1. The van der Waals surface area contributed by atoms with Gasteiger partial charge in [-0.15, -0.1) is 0 Å². The van der Waals surface area contributed by atoms with Gasteiger partial charge in [0.2, 0.25) is 5.91 Å². The molecule has 1 saturated heterocycles. The van der Waals surface area contributed by atoms with Crippen LogP contribution < -0.4 is 14.8 Å². The van der Waals surface area contributed by atoms with Gasteiger partial charge in [-0.05, 0) is 54.8 Å². The summed E-state index contributed by atoms with van der Waals surface area (Å²) >= 11 is 5.84. The average Bonchev–Trinajstić information content (AvgIpc) is 3.24. The fraction of sp³-hybridized carbons (Fsp3) is 0.364. The molecule has 0 aromatic heterocycles. The van der Waals surface area contributed by atoms with E-state index in [1.165, 1.54) is 0 Å². The van der Waals surface area contributed by atoms with Crippen molar-refractivity contribution in [3.63, 3.8) is 0 Å². The summed E-state index contributed by atoms with van der Waals surface area (Å²) in [6.07, 6.45) is 2.14. The van der Waals surface area contributed by atoms with Crippen LogP contribution >= 0.6 is 11.6 Å². The number of nitrogens with one attached hydrogen (secondary N) is 1. The second-order valence-corrected chi connectivity index (χ2v) is 7.60. The Balaban J connectivity index is 1.34. The van der Waals surface area contributed by atoms with Crippen molar-refractivity contribution >= 4 is 23.4 Å². The normalized spacial score (nSPS) is 17.8. The Hall–Kier alpha value is -2.73. The number of hydrogen-bond acceptors (Lipinski definition) is 4. The fourth-order valence-corrected chi connectivity index (χ4v) is 3.93. The van der Waals surface area contributed by atoms with E-state index >= 15 is 0 Å². The molecule has 0 spiro atoms. The summed E-state index contributed by atoms with van der Waals surface area (Å²) in [6.45, 7) is 2.12. The summed E-state index contributed by atoms with van der Waals surface area (Å²) in [7, 11) is 0. The van der Waals surface area contributed by atoms with Gasteiger partial charge in [-0.3, -0.25) is 9.59 Å². The lowest BCUT2D eigenvalue weighted by molar-refractivity contribution is -0.132. The van der Waals surface area contributed by atoms with Crippen LogP contribution in [0.25, 0.3) is 0 Å². The molecule has 0 saturated carbocycles. The van der Waals surface area contributed by atoms with E-state index in [2.05, 4.69) is 5.32 Å². The van der Waals surface area contributed by atoms with Crippen LogP contribution in [0.1, 0.15) is 41.2 Å². The van der Waals surface area contributed by atoms with Crippen LogP contribution in [0.3, 0.4) is 0 Å². The number of halogens is 1. The minimum absolute atomic E-state index is 0.0327. The summed E-state index contributed by atoms with van der Waals surface area (Å²) < 4.78 is 11.3. The number of hydrogen-bond donors (Lipinski definition) is 1. The summed E-state index contributed by atoms with van der Waals surface area (Å²) in [4.78, 5) is 26.9. The zero-order chi connectivity index (χ0) is 20.2. The Morgan fingerprint density at radius 1 is 1.07 bits per heavy atom. The van der Waals surface area contributed by atoms with E-state index in [9.17, 15) is 9.59 Å². The van der Waals surface area contributed by atoms with Crippen LogP contribution in [0.15, 0.2) is 42.5 Å². The number of nitrogens with zero attached hydrogens (tertiary/aromatic N) is 1. The van der Waals surface area contributed by atoms with Gasteiger partial charge in [-0.2, -0.15) is 0 Å². The van der Waals surface area contributed by atoms with Crippen molar-refractivity contribution in [2.45, 2.75) is 25.3 Å². The van der Waals surface area contributed by atoms with Crippen molar-refractivity contribution in [2.75, 3.05) is 26.3 Å². The molecule has 4 rings (SSSR count). The molecular formula is C22H23ClN2O4. The van der Waals surface area contributed by atoms with E-state index in [-0.39, 0.29) is 24.3 Å². The number of rotatable bonds is 5. The average molecular weight is 415 g/mol. The third-order valence-corrected chi connectivity index (χ3v) is 5.51. The molecule has 1 fully saturated rings. The molecule has 152 valence electrons. The molecule has 2 aliphatic rings. The maximum Gasteiger partial charge on any atom is 0.251 e. The number of fused-ring (bicyclic) bond motifs is 1. The lowest BCUT2D eigenvalue weighted by atomic mass is 10.0. The van der Waals surface area contributed by atoms with Crippen LogP contribution in [-0.4, -0.2) is 43.0 Å². The van der Waals surface area contributed by atoms with Crippen LogP contribution in [-0.2, 0) is 4.79 Å². The molecule has 0 unspecified atom stereocenters. The van der Waals surface area contributed by atoms with E-state index in [1.54, 1.807) is 24.3 Å². The molecule has 0 aliphatic carbocycles. The van der Waals surface area contributed by atoms with Crippen LogP contribution in [0.4, 0.5) is 0 Å². The molecule has 1 N–H and O–H groups in total. The summed E-state index contributed by atoms with van der Waals surface area (Å²) in [5, 5.41) is 3.38. The minimum atomic E-state index is -0.209. The maximum absolute atomic E-state index is 12.8. The van der Waals surface area contributed by atoms with Gasteiger partial charge in [-0.25, -0.2) is 0 Å². The Bertz CT molecular complexity index is 900. The zero-order valence-corrected chi connectivity index (χ0v) is 16.8. The molecule has 29 heavy (non-hydrogen) atoms. The quantitative estimate of drug-likeness (QED) is 0.811.